The Balaban J connectivity index is 1.66. The van der Waals surface area contributed by atoms with Crippen molar-refractivity contribution in [2.24, 2.45) is 0 Å². The lowest BCUT2D eigenvalue weighted by Crippen LogP contribution is -2.16. The van der Waals surface area contributed by atoms with Crippen LogP contribution in [0.2, 0.25) is 0 Å². The molecule has 0 radical (unpaired) electrons. The van der Waals surface area contributed by atoms with Crippen molar-refractivity contribution >= 4 is 10.9 Å². The molecule has 0 amide bonds. The second kappa shape index (κ2) is 5.65. The Morgan fingerprint density at radius 1 is 1.16 bits per heavy atom. The molecule has 1 atom stereocenters. The number of aromatic nitrogens is 1. The van der Waals surface area contributed by atoms with Gasteiger partial charge in [-0.2, -0.15) is 5.26 Å². The first-order chi connectivity index (χ1) is 12.3. The van der Waals surface area contributed by atoms with Gasteiger partial charge in [0, 0.05) is 30.3 Å². The number of nitrogens with one attached hydrogen (secondary N) is 1. The summed E-state index contributed by atoms with van der Waals surface area (Å²) in [6, 6.07) is 14.6. The lowest BCUT2D eigenvalue weighted by atomic mass is 9.88. The topological polar surface area (TPSA) is 58.0 Å². The van der Waals surface area contributed by atoms with Gasteiger partial charge in [0.1, 0.15) is 11.9 Å². The Labute approximate surface area is 146 Å². The van der Waals surface area contributed by atoms with Crippen LogP contribution in [0.4, 0.5) is 0 Å². The molecule has 1 saturated heterocycles. The van der Waals surface area contributed by atoms with Gasteiger partial charge in [0.2, 0.25) is 0 Å². The summed E-state index contributed by atoms with van der Waals surface area (Å²) in [6.07, 6.45) is 2.76. The molecule has 0 bridgehead atoms. The third kappa shape index (κ3) is 2.40. The van der Waals surface area contributed by atoms with E-state index in [0.29, 0.717) is 12.2 Å². The van der Waals surface area contributed by atoms with Crippen LogP contribution in [0.25, 0.3) is 10.9 Å². The van der Waals surface area contributed by atoms with Gasteiger partial charge < -0.3 is 14.5 Å². The van der Waals surface area contributed by atoms with Crippen LogP contribution < -0.4 is 4.74 Å². The predicted molar refractivity (Wildman–Crippen MR) is 94.9 cm³/mol. The minimum atomic E-state index is 0.0681. The van der Waals surface area contributed by atoms with Crippen molar-refractivity contribution in [1.29, 1.82) is 5.26 Å². The van der Waals surface area contributed by atoms with Gasteiger partial charge in [-0.3, -0.25) is 0 Å². The van der Waals surface area contributed by atoms with Crippen LogP contribution in [0.5, 0.6) is 5.75 Å². The number of nitrogens with zero attached hydrogens (tertiary/aromatic N) is 1. The molecule has 1 aliphatic carbocycles. The molecule has 0 spiro atoms. The highest BCUT2D eigenvalue weighted by Gasteiger charge is 2.24. The van der Waals surface area contributed by atoms with Gasteiger partial charge in [-0.1, -0.05) is 24.3 Å². The van der Waals surface area contributed by atoms with E-state index in [9.17, 15) is 5.26 Å². The lowest BCUT2D eigenvalue weighted by Gasteiger charge is -2.18. The molecule has 25 heavy (non-hydrogen) atoms. The zero-order valence-electron chi connectivity index (χ0n) is 13.8. The van der Waals surface area contributed by atoms with Gasteiger partial charge in [0.15, 0.2) is 0 Å². The number of aromatic amines is 1. The molecule has 5 rings (SSSR count). The molecule has 1 aliphatic heterocycles. The molecule has 1 unspecified atom stereocenters. The summed E-state index contributed by atoms with van der Waals surface area (Å²) in [6.45, 7) is 1.36. The first kappa shape index (κ1) is 14.6. The molecule has 1 aromatic heterocycles. The number of ether oxygens (including phenoxy) is 2. The number of hydrogen-bond donors (Lipinski definition) is 1. The molecule has 1 N–H and O–H groups in total. The maximum absolute atomic E-state index is 9.38. The quantitative estimate of drug-likeness (QED) is 0.610. The second-order valence-corrected chi connectivity index (χ2v) is 6.82. The summed E-state index contributed by atoms with van der Waals surface area (Å²) in [5.74, 6) is 0.807. The zero-order valence-corrected chi connectivity index (χ0v) is 13.8. The largest absolute Gasteiger partial charge is 0.487 e. The molecule has 4 heteroatoms. The monoisotopic (exact) mass is 330 g/mol. The number of fused-ring (bicyclic) bond motifs is 4. The summed E-state index contributed by atoms with van der Waals surface area (Å²) in [5.41, 5.74) is 6.89. The normalized spacial score (nSPS) is 18.6. The number of H-pyrrole nitrogens is 1. The first-order valence-electron chi connectivity index (χ1n) is 8.70. The SMILES string of the molecule is N#Cc1cc(OC2CCOC2)c2c3c([nH]c2c1)Cc1ccccc1C3. The Kier molecular flexibility index (Phi) is 3.29. The number of rotatable bonds is 2. The van der Waals surface area contributed by atoms with Crippen LogP contribution in [-0.4, -0.2) is 24.3 Å². The van der Waals surface area contributed by atoms with Gasteiger partial charge in [0.05, 0.1) is 30.4 Å². The third-order valence-corrected chi connectivity index (χ3v) is 5.22. The van der Waals surface area contributed by atoms with Crippen molar-refractivity contribution in [1.82, 2.24) is 4.98 Å². The van der Waals surface area contributed by atoms with Crippen molar-refractivity contribution in [3.05, 3.63) is 64.3 Å². The predicted octanol–water partition coefficient (Wildman–Crippen LogP) is 3.70. The first-order valence-corrected chi connectivity index (χ1v) is 8.70. The minimum absolute atomic E-state index is 0.0681. The van der Waals surface area contributed by atoms with Crippen LogP contribution in [0.1, 0.15) is 34.4 Å². The van der Waals surface area contributed by atoms with E-state index in [-0.39, 0.29) is 6.10 Å². The minimum Gasteiger partial charge on any atom is -0.487 e. The molecular weight excluding hydrogens is 312 g/mol. The Morgan fingerprint density at radius 3 is 2.76 bits per heavy atom. The summed E-state index contributed by atoms with van der Waals surface area (Å²) < 4.78 is 11.7. The average Bonchev–Trinajstić information content (AvgIpc) is 3.26. The van der Waals surface area contributed by atoms with Crippen molar-refractivity contribution < 1.29 is 9.47 Å². The Morgan fingerprint density at radius 2 is 2.00 bits per heavy atom. The molecule has 4 nitrogen and oxygen atoms in total. The molecule has 124 valence electrons. The highest BCUT2D eigenvalue weighted by atomic mass is 16.5. The van der Waals surface area contributed by atoms with Gasteiger partial charge >= 0.3 is 0 Å². The van der Waals surface area contributed by atoms with Crippen LogP contribution in [0.15, 0.2) is 36.4 Å². The fourth-order valence-corrected chi connectivity index (χ4v) is 3.99. The van der Waals surface area contributed by atoms with E-state index >= 15 is 0 Å². The number of benzene rings is 2. The third-order valence-electron chi connectivity index (χ3n) is 5.22. The maximum atomic E-state index is 9.38. The summed E-state index contributed by atoms with van der Waals surface area (Å²) in [4.78, 5) is 3.53. The smallest absolute Gasteiger partial charge is 0.130 e. The van der Waals surface area contributed by atoms with Crippen molar-refractivity contribution in [2.45, 2.75) is 25.4 Å². The fraction of sp³-hybridized carbons (Fsp3) is 0.286. The fourth-order valence-electron chi connectivity index (χ4n) is 3.99. The standard InChI is InChI=1S/C21H18N2O2/c22-11-13-7-19-21(20(8-13)25-16-5-6-24-12-16)17-9-14-3-1-2-4-15(14)10-18(17)23-19/h1-4,7-8,16,23H,5-6,9-10,12H2. The average molecular weight is 330 g/mol. The van der Waals surface area contributed by atoms with Crippen molar-refractivity contribution in [2.75, 3.05) is 13.2 Å². The number of nitriles is 1. The molecule has 2 aromatic carbocycles. The Bertz CT molecular complexity index is 1010. The van der Waals surface area contributed by atoms with Crippen molar-refractivity contribution in [3.8, 4) is 11.8 Å². The summed E-state index contributed by atoms with van der Waals surface area (Å²) in [5, 5.41) is 10.5. The van der Waals surface area contributed by atoms with Gasteiger partial charge in [-0.25, -0.2) is 0 Å². The second-order valence-electron chi connectivity index (χ2n) is 6.82. The molecule has 2 heterocycles. The Hall–Kier alpha value is -2.77. The molecule has 1 fully saturated rings. The van der Waals surface area contributed by atoms with E-state index < -0.39 is 0 Å². The van der Waals surface area contributed by atoms with E-state index in [4.69, 9.17) is 9.47 Å². The molecule has 0 saturated carbocycles. The van der Waals surface area contributed by atoms with Crippen LogP contribution >= 0.6 is 0 Å². The van der Waals surface area contributed by atoms with Crippen LogP contribution in [0.3, 0.4) is 0 Å². The van der Waals surface area contributed by atoms with E-state index in [1.165, 1.54) is 22.4 Å². The highest BCUT2D eigenvalue weighted by molar-refractivity contribution is 5.92. The lowest BCUT2D eigenvalue weighted by molar-refractivity contribution is 0.142. The van der Waals surface area contributed by atoms with Gasteiger partial charge in [-0.15, -0.1) is 0 Å². The molecular formula is C21H18N2O2. The molecule has 2 aliphatic rings. The van der Waals surface area contributed by atoms with E-state index in [1.54, 1.807) is 0 Å². The van der Waals surface area contributed by atoms with E-state index in [0.717, 1.165) is 42.5 Å². The molecule has 3 aromatic rings. The van der Waals surface area contributed by atoms with E-state index in [1.807, 2.05) is 12.1 Å². The highest BCUT2D eigenvalue weighted by Crippen LogP contribution is 2.38. The summed E-state index contributed by atoms with van der Waals surface area (Å²) >= 11 is 0. The number of hydrogen-bond acceptors (Lipinski definition) is 3. The van der Waals surface area contributed by atoms with Crippen LogP contribution in [0, 0.1) is 11.3 Å². The summed E-state index contributed by atoms with van der Waals surface area (Å²) in [7, 11) is 0. The maximum Gasteiger partial charge on any atom is 0.130 e. The zero-order chi connectivity index (χ0) is 16.8. The van der Waals surface area contributed by atoms with Crippen LogP contribution in [-0.2, 0) is 17.6 Å². The van der Waals surface area contributed by atoms with Crippen molar-refractivity contribution in [3.63, 3.8) is 0 Å². The van der Waals surface area contributed by atoms with Gasteiger partial charge in [0.25, 0.3) is 0 Å². The van der Waals surface area contributed by atoms with E-state index in [2.05, 4.69) is 35.3 Å². The van der Waals surface area contributed by atoms with Gasteiger partial charge in [-0.05, 0) is 28.8 Å².